The lowest BCUT2D eigenvalue weighted by Crippen LogP contribution is -2.37. The van der Waals surface area contributed by atoms with Crippen LogP contribution in [0.3, 0.4) is 0 Å². The maximum atomic E-state index is 11.7. The summed E-state index contributed by atoms with van der Waals surface area (Å²) in [6, 6.07) is 6.38. The van der Waals surface area contributed by atoms with Crippen molar-refractivity contribution in [3.8, 4) is 5.75 Å². The van der Waals surface area contributed by atoms with Crippen LogP contribution >= 0.6 is 0 Å². The van der Waals surface area contributed by atoms with Gasteiger partial charge in [-0.1, -0.05) is 12.1 Å². The molecule has 1 aromatic carbocycles. The summed E-state index contributed by atoms with van der Waals surface area (Å²) in [6.07, 6.45) is 2.45. The van der Waals surface area contributed by atoms with Crippen molar-refractivity contribution in [1.29, 1.82) is 0 Å². The molecule has 120 valence electrons. The summed E-state index contributed by atoms with van der Waals surface area (Å²) in [5.74, 6) is 0.390. The lowest BCUT2D eigenvalue weighted by atomic mass is 10.1. The first-order valence-corrected chi connectivity index (χ1v) is 7.90. The molecule has 0 spiro atoms. The van der Waals surface area contributed by atoms with Crippen LogP contribution in [0.2, 0.25) is 0 Å². The zero-order chi connectivity index (χ0) is 15.9. The Labute approximate surface area is 131 Å². The fourth-order valence-corrected chi connectivity index (χ4v) is 3.06. The van der Waals surface area contributed by atoms with E-state index in [2.05, 4.69) is 16.7 Å². The molecule has 22 heavy (non-hydrogen) atoms. The molecule has 2 aliphatic rings. The van der Waals surface area contributed by atoms with Gasteiger partial charge in [-0.3, -0.25) is 0 Å². The van der Waals surface area contributed by atoms with Gasteiger partial charge in [0.2, 0.25) is 0 Å². The molecule has 0 heterocycles. The number of carbonyl (C=O) groups excluding carboxylic acids is 1. The van der Waals surface area contributed by atoms with E-state index >= 15 is 0 Å². The van der Waals surface area contributed by atoms with Crippen LogP contribution in [0.4, 0.5) is 4.79 Å². The second-order valence-corrected chi connectivity index (χ2v) is 7.20. The van der Waals surface area contributed by atoms with Gasteiger partial charge in [0, 0.05) is 18.1 Å². The van der Waals surface area contributed by atoms with Gasteiger partial charge in [0.15, 0.2) is 0 Å². The highest BCUT2D eigenvalue weighted by atomic mass is 16.6. The largest absolute Gasteiger partial charge is 0.508 e. The predicted octanol–water partition coefficient (Wildman–Crippen LogP) is 2.63. The number of aromatic hydroxyl groups is 1. The average Bonchev–Trinajstić information content (AvgIpc) is 2.95. The van der Waals surface area contributed by atoms with E-state index in [1.54, 1.807) is 6.07 Å². The number of ether oxygens (including phenoxy) is 1. The third-order valence-electron chi connectivity index (χ3n) is 4.15. The first kappa shape index (κ1) is 15.2. The lowest BCUT2D eigenvalue weighted by Gasteiger charge is -2.20. The lowest BCUT2D eigenvalue weighted by molar-refractivity contribution is 0.0522. The van der Waals surface area contributed by atoms with E-state index in [0.717, 1.165) is 24.8 Å². The van der Waals surface area contributed by atoms with Gasteiger partial charge < -0.3 is 20.5 Å². The number of phenolic OH excluding ortho intramolecular Hbond substituents is 1. The summed E-state index contributed by atoms with van der Waals surface area (Å²) in [5, 5.41) is 16.3. The van der Waals surface area contributed by atoms with E-state index in [9.17, 15) is 9.90 Å². The van der Waals surface area contributed by atoms with E-state index in [4.69, 9.17) is 4.74 Å². The monoisotopic (exact) mass is 304 g/mol. The number of alkyl carbamates (subject to hydrolysis) is 1. The summed E-state index contributed by atoms with van der Waals surface area (Å²) < 4.78 is 5.27. The summed E-state index contributed by atoms with van der Waals surface area (Å²) in [4.78, 5) is 11.7. The molecule has 1 saturated carbocycles. The highest BCUT2D eigenvalue weighted by molar-refractivity contribution is 5.68. The van der Waals surface area contributed by atoms with Crippen LogP contribution in [0.25, 0.3) is 0 Å². The van der Waals surface area contributed by atoms with Gasteiger partial charge in [0.1, 0.15) is 11.4 Å². The number of fused-ring (bicyclic) bond motifs is 1. The molecule has 3 atom stereocenters. The SMILES string of the molecule is CC(C)(C)OC(=O)NC1CC1NC1CCc2c(O)cccc21. The number of benzene rings is 1. The Morgan fingerprint density at radius 2 is 2.09 bits per heavy atom. The third-order valence-corrected chi connectivity index (χ3v) is 4.15. The van der Waals surface area contributed by atoms with E-state index < -0.39 is 5.60 Å². The predicted molar refractivity (Wildman–Crippen MR) is 83.9 cm³/mol. The fraction of sp³-hybridized carbons (Fsp3) is 0.588. The molecule has 3 N–H and O–H groups in total. The Kier molecular flexibility index (Phi) is 3.77. The molecule has 0 aromatic heterocycles. The second kappa shape index (κ2) is 5.47. The van der Waals surface area contributed by atoms with Crippen molar-refractivity contribution in [2.45, 2.75) is 63.8 Å². The smallest absolute Gasteiger partial charge is 0.407 e. The van der Waals surface area contributed by atoms with Gasteiger partial charge in [-0.2, -0.15) is 0 Å². The Balaban J connectivity index is 1.51. The molecule has 0 radical (unpaired) electrons. The van der Waals surface area contributed by atoms with Crippen LogP contribution in [-0.2, 0) is 11.2 Å². The van der Waals surface area contributed by atoms with Gasteiger partial charge in [-0.05, 0) is 57.2 Å². The quantitative estimate of drug-likeness (QED) is 0.803. The number of nitrogens with one attached hydrogen (secondary N) is 2. The van der Waals surface area contributed by atoms with E-state index in [1.165, 1.54) is 5.56 Å². The molecular formula is C17H24N2O3. The maximum Gasteiger partial charge on any atom is 0.407 e. The van der Waals surface area contributed by atoms with Gasteiger partial charge in [0.05, 0.1) is 0 Å². The normalized spacial score (nSPS) is 26.4. The van der Waals surface area contributed by atoms with Crippen LogP contribution in [0.15, 0.2) is 18.2 Å². The molecule has 5 heteroatoms. The fourth-order valence-electron chi connectivity index (χ4n) is 3.06. The van der Waals surface area contributed by atoms with Crippen LogP contribution < -0.4 is 10.6 Å². The van der Waals surface area contributed by atoms with Crippen molar-refractivity contribution in [3.05, 3.63) is 29.3 Å². The zero-order valence-corrected chi connectivity index (χ0v) is 13.3. The highest BCUT2D eigenvalue weighted by Crippen LogP contribution is 2.38. The number of amides is 1. The van der Waals surface area contributed by atoms with E-state index in [0.29, 0.717) is 5.75 Å². The van der Waals surface area contributed by atoms with Gasteiger partial charge in [0.25, 0.3) is 0 Å². The summed E-state index contributed by atoms with van der Waals surface area (Å²) in [7, 11) is 0. The molecule has 0 aliphatic heterocycles. The topological polar surface area (TPSA) is 70.6 Å². The molecule has 1 amide bonds. The van der Waals surface area contributed by atoms with Crippen molar-refractivity contribution >= 4 is 6.09 Å². The maximum absolute atomic E-state index is 11.7. The molecule has 1 aromatic rings. The minimum absolute atomic E-state index is 0.135. The molecule has 0 saturated heterocycles. The van der Waals surface area contributed by atoms with Gasteiger partial charge >= 0.3 is 6.09 Å². The number of phenols is 1. The Bertz CT molecular complexity index is 580. The average molecular weight is 304 g/mol. The summed E-state index contributed by atoms with van der Waals surface area (Å²) >= 11 is 0. The zero-order valence-electron chi connectivity index (χ0n) is 13.3. The first-order chi connectivity index (χ1) is 10.3. The number of hydrogen-bond donors (Lipinski definition) is 3. The first-order valence-electron chi connectivity index (χ1n) is 7.90. The van der Waals surface area contributed by atoms with Crippen LogP contribution in [0, 0.1) is 0 Å². The molecule has 3 unspecified atom stereocenters. The van der Waals surface area contributed by atoms with E-state index in [-0.39, 0.29) is 24.2 Å². The van der Waals surface area contributed by atoms with Crippen molar-refractivity contribution in [2.24, 2.45) is 0 Å². The van der Waals surface area contributed by atoms with E-state index in [1.807, 2.05) is 26.8 Å². The Morgan fingerprint density at radius 1 is 1.32 bits per heavy atom. The third kappa shape index (κ3) is 3.35. The molecule has 1 fully saturated rings. The highest BCUT2D eigenvalue weighted by Gasteiger charge is 2.41. The van der Waals surface area contributed by atoms with Gasteiger partial charge in [-0.15, -0.1) is 0 Å². The van der Waals surface area contributed by atoms with Crippen LogP contribution in [0.1, 0.15) is 50.8 Å². The standard InChI is InChI=1S/C17H24N2O3/c1-17(2,3)22-16(21)19-14-9-13(14)18-12-8-7-11-10(12)5-4-6-15(11)20/h4-6,12-14,18,20H,7-9H2,1-3H3,(H,19,21). The molecular weight excluding hydrogens is 280 g/mol. The van der Waals surface area contributed by atoms with Crippen molar-refractivity contribution < 1.29 is 14.6 Å². The van der Waals surface area contributed by atoms with Gasteiger partial charge in [-0.25, -0.2) is 4.79 Å². The van der Waals surface area contributed by atoms with Crippen molar-refractivity contribution in [1.82, 2.24) is 10.6 Å². The molecule has 0 bridgehead atoms. The van der Waals surface area contributed by atoms with Crippen molar-refractivity contribution in [2.75, 3.05) is 0 Å². The minimum Gasteiger partial charge on any atom is -0.508 e. The van der Waals surface area contributed by atoms with Crippen LogP contribution in [0.5, 0.6) is 5.75 Å². The number of carbonyl (C=O) groups is 1. The van der Waals surface area contributed by atoms with Crippen molar-refractivity contribution in [3.63, 3.8) is 0 Å². The van der Waals surface area contributed by atoms with Crippen LogP contribution in [-0.4, -0.2) is 28.9 Å². The molecule has 2 aliphatic carbocycles. The molecule has 5 nitrogen and oxygen atoms in total. The molecule has 3 rings (SSSR count). The Morgan fingerprint density at radius 3 is 2.82 bits per heavy atom. The number of hydrogen-bond acceptors (Lipinski definition) is 4. The minimum atomic E-state index is -0.468. The summed E-state index contributed by atoms with van der Waals surface area (Å²) in [5.41, 5.74) is 1.77. The second-order valence-electron chi connectivity index (χ2n) is 7.20. The Hall–Kier alpha value is -1.75. The number of rotatable bonds is 3. The summed E-state index contributed by atoms with van der Waals surface area (Å²) in [6.45, 7) is 5.57.